The van der Waals surface area contributed by atoms with E-state index in [-0.39, 0.29) is 0 Å². The van der Waals surface area contributed by atoms with Gasteiger partial charge in [-0.25, -0.2) is 14.6 Å². The average Bonchev–Trinajstić information content (AvgIpc) is 3.06. The van der Waals surface area contributed by atoms with Gasteiger partial charge in [-0.3, -0.25) is 0 Å². The van der Waals surface area contributed by atoms with Gasteiger partial charge in [0.15, 0.2) is 5.82 Å². The van der Waals surface area contributed by atoms with Crippen molar-refractivity contribution in [2.24, 2.45) is 0 Å². The highest BCUT2D eigenvalue weighted by atomic mass is 35.5. The second kappa shape index (κ2) is 4.11. The van der Waals surface area contributed by atoms with Gasteiger partial charge in [0.1, 0.15) is 11.0 Å². The first-order chi connectivity index (χ1) is 8.26. The van der Waals surface area contributed by atoms with E-state index in [1.54, 1.807) is 10.7 Å². The van der Waals surface area contributed by atoms with Crippen LogP contribution in [0.2, 0.25) is 5.15 Å². The molecule has 2 heterocycles. The van der Waals surface area contributed by atoms with Crippen LogP contribution in [0.4, 0.5) is 0 Å². The summed E-state index contributed by atoms with van der Waals surface area (Å²) in [7, 11) is 0. The molecule has 0 aromatic carbocycles. The largest absolute Gasteiger partial charge is 0.222 e. The Morgan fingerprint density at radius 1 is 1.41 bits per heavy atom. The van der Waals surface area contributed by atoms with Gasteiger partial charge in [-0.2, -0.15) is 5.10 Å². The summed E-state index contributed by atoms with van der Waals surface area (Å²) in [6.45, 7) is 2.01. The van der Waals surface area contributed by atoms with Crippen LogP contribution in [-0.2, 0) is 6.42 Å². The SMILES string of the molecule is CCc1nc(Cl)cc(-n2ccc(C3CC3)n2)n1. The first-order valence-corrected chi connectivity index (χ1v) is 6.23. The molecule has 1 fully saturated rings. The van der Waals surface area contributed by atoms with Gasteiger partial charge in [0.2, 0.25) is 0 Å². The standard InChI is InChI=1S/C12H13ClN4/c1-2-11-14-10(13)7-12(15-11)17-6-5-9(16-17)8-3-4-8/h5-8H,2-4H2,1H3. The molecular formula is C12H13ClN4. The van der Waals surface area contributed by atoms with E-state index in [2.05, 4.69) is 21.1 Å². The lowest BCUT2D eigenvalue weighted by atomic mass is 10.3. The molecule has 0 atom stereocenters. The minimum atomic E-state index is 0.468. The molecule has 2 aromatic heterocycles. The zero-order chi connectivity index (χ0) is 11.8. The lowest BCUT2D eigenvalue weighted by Gasteiger charge is -2.03. The Balaban J connectivity index is 1.98. The topological polar surface area (TPSA) is 43.6 Å². The summed E-state index contributed by atoms with van der Waals surface area (Å²) < 4.78 is 1.78. The Labute approximate surface area is 105 Å². The first-order valence-electron chi connectivity index (χ1n) is 5.85. The van der Waals surface area contributed by atoms with E-state index in [9.17, 15) is 0 Å². The minimum Gasteiger partial charge on any atom is -0.222 e. The predicted octanol–water partition coefficient (Wildman–Crippen LogP) is 2.76. The molecule has 0 amide bonds. The molecule has 0 unspecified atom stereocenters. The Bertz CT molecular complexity index is 545. The second-order valence-corrected chi connectivity index (χ2v) is 4.67. The Morgan fingerprint density at radius 2 is 2.24 bits per heavy atom. The monoisotopic (exact) mass is 248 g/mol. The normalized spacial score (nSPS) is 15.2. The second-order valence-electron chi connectivity index (χ2n) is 4.28. The Hall–Kier alpha value is -1.42. The zero-order valence-corrected chi connectivity index (χ0v) is 10.4. The van der Waals surface area contributed by atoms with Gasteiger partial charge >= 0.3 is 0 Å². The van der Waals surface area contributed by atoms with Crippen molar-refractivity contribution in [1.82, 2.24) is 19.7 Å². The van der Waals surface area contributed by atoms with Gasteiger partial charge in [0, 0.05) is 24.6 Å². The van der Waals surface area contributed by atoms with Crippen molar-refractivity contribution in [2.75, 3.05) is 0 Å². The summed E-state index contributed by atoms with van der Waals surface area (Å²) in [6.07, 6.45) is 5.21. The maximum absolute atomic E-state index is 5.97. The molecule has 2 aromatic rings. The minimum absolute atomic E-state index is 0.468. The fraction of sp³-hybridized carbons (Fsp3) is 0.417. The van der Waals surface area contributed by atoms with Crippen molar-refractivity contribution in [3.05, 3.63) is 35.0 Å². The van der Waals surface area contributed by atoms with Crippen LogP contribution in [-0.4, -0.2) is 19.7 Å². The number of rotatable bonds is 3. The summed E-state index contributed by atoms with van der Waals surface area (Å²) in [5.41, 5.74) is 1.15. The van der Waals surface area contributed by atoms with Crippen molar-refractivity contribution in [3.63, 3.8) is 0 Å². The Kier molecular flexibility index (Phi) is 2.59. The third kappa shape index (κ3) is 2.17. The fourth-order valence-corrected chi connectivity index (χ4v) is 1.98. The molecule has 17 heavy (non-hydrogen) atoms. The molecule has 0 spiro atoms. The number of aryl methyl sites for hydroxylation is 1. The molecule has 0 saturated heterocycles. The van der Waals surface area contributed by atoms with Crippen molar-refractivity contribution in [3.8, 4) is 5.82 Å². The summed E-state index contributed by atoms with van der Waals surface area (Å²) >= 11 is 5.97. The van der Waals surface area contributed by atoms with E-state index < -0.39 is 0 Å². The highest BCUT2D eigenvalue weighted by Crippen LogP contribution is 2.38. The van der Waals surface area contributed by atoms with Crippen LogP contribution in [0.15, 0.2) is 18.3 Å². The summed E-state index contributed by atoms with van der Waals surface area (Å²) in [4.78, 5) is 8.57. The van der Waals surface area contributed by atoms with Gasteiger partial charge in [-0.05, 0) is 18.9 Å². The summed E-state index contributed by atoms with van der Waals surface area (Å²) in [5, 5.41) is 4.99. The molecule has 3 rings (SSSR count). The summed E-state index contributed by atoms with van der Waals surface area (Å²) in [6, 6.07) is 3.80. The lowest BCUT2D eigenvalue weighted by Crippen LogP contribution is -2.03. The Morgan fingerprint density at radius 3 is 2.94 bits per heavy atom. The van der Waals surface area contributed by atoms with E-state index in [4.69, 9.17) is 11.6 Å². The van der Waals surface area contributed by atoms with E-state index >= 15 is 0 Å². The molecule has 1 saturated carbocycles. The zero-order valence-electron chi connectivity index (χ0n) is 9.60. The van der Waals surface area contributed by atoms with E-state index in [1.807, 2.05) is 13.1 Å². The maximum Gasteiger partial charge on any atom is 0.158 e. The lowest BCUT2D eigenvalue weighted by molar-refractivity contribution is 0.790. The van der Waals surface area contributed by atoms with Crippen LogP contribution >= 0.6 is 11.6 Å². The van der Waals surface area contributed by atoms with Crippen molar-refractivity contribution >= 4 is 11.6 Å². The number of hydrogen-bond donors (Lipinski definition) is 0. The van der Waals surface area contributed by atoms with Crippen LogP contribution in [0, 0.1) is 0 Å². The molecule has 0 bridgehead atoms. The van der Waals surface area contributed by atoms with Gasteiger partial charge < -0.3 is 0 Å². The van der Waals surface area contributed by atoms with Crippen LogP contribution < -0.4 is 0 Å². The van der Waals surface area contributed by atoms with Crippen molar-refractivity contribution < 1.29 is 0 Å². The van der Waals surface area contributed by atoms with E-state index in [1.165, 1.54) is 12.8 Å². The van der Waals surface area contributed by atoms with Crippen LogP contribution in [0.3, 0.4) is 0 Å². The molecule has 4 nitrogen and oxygen atoms in total. The van der Waals surface area contributed by atoms with Gasteiger partial charge in [-0.15, -0.1) is 0 Å². The molecule has 1 aliphatic rings. The molecular weight excluding hydrogens is 236 g/mol. The number of aromatic nitrogens is 4. The fourth-order valence-electron chi connectivity index (χ4n) is 1.79. The third-order valence-corrected chi connectivity index (χ3v) is 3.08. The maximum atomic E-state index is 5.97. The first kappa shape index (κ1) is 10.7. The molecule has 0 aliphatic heterocycles. The van der Waals surface area contributed by atoms with Crippen LogP contribution in [0.1, 0.15) is 37.2 Å². The highest BCUT2D eigenvalue weighted by Gasteiger charge is 2.26. The highest BCUT2D eigenvalue weighted by molar-refractivity contribution is 6.29. The van der Waals surface area contributed by atoms with Crippen LogP contribution in [0.25, 0.3) is 5.82 Å². The predicted molar refractivity (Wildman–Crippen MR) is 65.5 cm³/mol. The van der Waals surface area contributed by atoms with Gasteiger partial charge in [0.05, 0.1) is 5.69 Å². The average molecular weight is 249 g/mol. The molecule has 1 aliphatic carbocycles. The molecule has 88 valence electrons. The van der Waals surface area contributed by atoms with Crippen LogP contribution in [0.5, 0.6) is 0 Å². The molecule has 0 radical (unpaired) electrons. The smallest absolute Gasteiger partial charge is 0.158 e. The van der Waals surface area contributed by atoms with Gasteiger partial charge in [-0.1, -0.05) is 18.5 Å². The summed E-state index contributed by atoms with van der Waals surface area (Å²) in [5.74, 6) is 2.14. The van der Waals surface area contributed by atoms with E-state index in [0.717, 1.165) is 23.8 Å². The third-order valence-electron chi connectivity index (χ3n) is 2.88. The number of nitrogens with zero attached hydrogens (tertiary/aromatic N) is 4. The van der Waals surface area contributed by atoms with E-state index in [0.29, 0.717) is 11.1 Å². The molecule has 0 N–H and O–H groups in total. The van der Waals surface area contributed by atoms with Crippen molar-refractivity contribution in [2.45, 2.75) is 32.1 Å². The van der Waals surface area contributed by atoms with Crippen molar-refractivity contribution in [1.29, 1.82) is 0 Å². The quantitative estimate of drug-likeness (QED) is 0.785. The van der Waals surface area contributed by atoms with Gasteiger partial charge in [0.25, 0.3) is 0 Å². The number of hydrogen-bond acceptors (Lipinski definition) is 3. The number of halogens is 1. The molecule has 5 heteroatoms.